The largest absolute Gasteiger partial charge is 0.393 e. The van der Waals surface area contributed by atoms with Crippen molar-refractivity contribution in [2.24, 2.45) is 0 Å². The van der Waals surface area contributed by atoms with Crippen molar-refractivity contribution in [3.8, 4) is 0 Å². The number of rotatable bonds is 4. The number of anilines is 1. The van der Waals surface area contributed by atoms with E-state index in [9.17, 15) is 0 Å². The first-order valence-corrected chi connectivity index (χ1v) is 4.78. The van der Waals surface area contributed by atoms with E-state index in [2.05, 4.69) is 9.97 Å². The van der Waals surface area contributed by atoms with Crippen molar-refractivity contribution in [3.05, 3.63) is 18.0 Å². The molecule has 1 rings (SSSR count). The third-order valence-corrected chi connectivity index (χ3v) is 2.01. The molecule has 1 atom stereocenters. The lowest BCUT2D eigenvalue weighted by Crippen LogP contribution is -2.23. The third kappa shape index (κ3) is 3.30. The topological polar surface area (TPSA) is 49.2 Å². The molecule has 0 fully saturated rings. The van der Waals surface area contributed by atoms with Crippen LogP contribution in [0.25, 0.3) is 0 Å². The van der Waals surface area contributed by atoms with Crippen molar-refractivity contribution in [1.82, 2.24) is 9.97 Å². The van der Waals surface area contributed by atoms with Gasteiger partial charge in [-0.15, -0.1) is 0 Å². The van der Waals surface area contributed by atoms with Crippen LogP contribution >= 0.6 is 0 Å². The van der Waals surface area contributed by atoms with Gasteiger partial charge in [-0.1, -0.05) is 0 Å². The first kappa shape index (κ1) is 10.9. The van der Waals surface area contributed by atoms with E-state index in [-0.39, 0.29) is 6.10 Å². The minimum atomic E-state index is -0.276. The van der Waals surface area contributed by atoms with Crippen molar-refractivity contribution in [2.75, 3.05) is 18.5 Å². The van der Waals surface area contributed by atoms with E-state index in [4.69, 9.17) is 5.11 Å². The molecule has 0 radical (unpaired) electrons. The summed E-state index contributed by atoms with van der Waals surface area (Å²) < 4.78 is 0. The van der Waals surface area contributed by atoms with Gasteiger partial charge in [0.2, 0.25) is 5.95 Å². The summed E-state index contributed by atoms with van der Waals surface area (Å²) in [6.45, 7) is 4.49. The Hall–Kier alpha value is -1.16. The van der Waals surface area contributed by atoms with Gasteiger partial charge in [0.05, 0.1) is 6.10 Å². The van der Waals surface area contributed by atoms with Crippen molar-refractivity contribution in [2.45, 2.75) is 26.4 Å². The van der Waals surface area contributed by atoms with Gasteiger partial charge < -0.3 is 10.0 Å². The van der Waals surface area contributed by atoms with E-state index in [1.165, 1.54) is 0 Å². The Kier molecular flexibility index (Phi) is 3.83. The summed E-state index contributed by atoms with van der Waals surface area (Å²) in [7, 11) is 1.93. The maximum Gasteiger partial charge on any atom is 0.225 e. The highest BCUT2D eigenvalue weighted by Gasteiger charge is 2.05. The van der Waals surface area contributed by atoms with E-state index in [1.807, 2.05) is 24.9 Å². The number of nitrogens with zero attached hydrogens (tertiary/aromatic N) is 3. The molecule has 0 aliphatic carbocycles. The third-order valence-electron chi connectivity index (χ3n) is 2.01. The van der Waals surface area contributed by atoms with Gasteiger partial charge >= 0.3 is 0 Å². The van der Waals surface area contributed by atoms with Gasteiger partial charge in [-0.2, -0.15) is 0 Å². The second-order valence-corrected chi connectivity index (χ2v) is 3.56. The Morgan fingerprint density at radius 1 is 1.57 bits per heavy atom. The molecule has 1 aromatic rings. The minimum absolute atomic E-state index is 0.276. The zero-order valence-electron chi connectivity index (χ0n) is 8.94. The van der Waals surface area contributed by atoms with Gasteiger partial charge in [-0.3, -0.25) is 0 Å². The molecule has 4 heteroatoms. The van der Waals surface area contributed by atoms with Gasteiger partial charge in [0.15, 0.2) is 0 Å². The molecule has 4 nitrogen and oxygen atoms in total. The van der Waals surface area contributed by atoms with Crippen LogP contribution in [0.1, 0.15) is 19.0 Å². The molecule has 0 aliphatic rings. The highest BCUT2D eigenvalue weighted by atomic mass is 16.3. The lowest BCUT2D eigenvalue weighted by atomic mass is 10.3. The molecular weight excluding hydrogens is 178 g/mol. The minimum Gasteiger partial charge on any atom is -0.393 e. The van der Waals surface area contributed by atoms with Gasteiger partial charge in [0.25, 0.3) is 0 Å². The molecule has 14 heavy (non-hydrogen) atoms. The second kappa shape index (κ2) is 4.91. The van der Waals surface area contributed by atoms with Crippen molar-refractivity contribution in [3.63, 3.8) is 0 Å². The fourth-order valence-electron chi connectivity index (χ4n) is 1.10. The number of aromatic nitrogens is 2. The van der Waals surface area contributed by atoms with E-state index in [1.54, 1.807) is 13.1 Å². The normalized spacial score (nSPS) is 12.6. The van der Waals surface area contributed by atoms with Gasteiger partial charge in [0.1, 0.15) is 0 Å². The van der Waals surface area contributed by atoms with E-state index in [0.29, 0.717) is 5.95 Å². The molecule has 1 heterocycles. The molecule has 0 amide bonds. The predicted octanol–water partition coefficient (Wildman–Crippen LogP) is 0.992. The summed E-state index contributed by atoms with van der Waals surface area (Å²) in [5, 5.41) is 9.14. The summed E-state index contributed by atoms with van der Waals surface area (Å²) in [4.78, 5) is 10.4. The van der Waals surface area contributed by atoms with Crippen LogP contribution in [-0.4, -0.2) is 34.8 Å². The maximum atomic E-state index is 9.14. The highest BCUT2D eigenvalue weighted by molar-refractivity contribution is 5.28. The van der Waals surface area contributed by atoms with Gasteiger partial charge in [-0.25, -0.2) is 9.97 Å². The number of aryl methyl sites for hydroxylation is 1. The van der Waals surface area contributed by atoms with Crippen LogP contribution in [0.4, 0.5) is 5.95 Å². The average molecular weight is 195 g/mol. The number of aliphatic hydroxyl groups excluding tert-OH is 1. The standard InChI is InChI=1S/C10H17N3O/c1-8-4-6-11-10(12-8)13(3)7-5-9(2)14/h4,6,9,14H,5,7H2,1-3H3. The average Bonchev–Trinajstić information content (AvgIpc) is 2.14. The molecule has 1 aromatic heterocycles. The lowest BCUT2D eigenvalue weighted by Gasteiger charge is -2.17. The van der Waals surface area contributed by atoms with Crippen LogP contribution in [0.5, 0.6) is 0 Å². The van der Waals surface area contributed by atoms with Crippen LogP contribution < -0.4 is 4.90 Å². The van der Waals surface area contributed by atoms with Crippen LogP contribution in [0, 0.1) is 6.92 Å². The van der Waals surface area contributed by atoms with Crippen molar-refractivity contribution in [1.29, 1.82) is 0 Å². The molecule has 0 aliphatic heterocycles. The zero-order valence-corrected chi connectivity index (χ0v) is 8.94. The smallest absolute Gasteiger partial charge is 0.225 e. The summed E-state index contributed by atoms with van der Waals surface area (Å²) >= 11 is 0. The fraction of sp³-hybridized carbons (Fsp3) is 0.600. The second-order valence-electron chi connectivity index (χ2n) is 3.56. The lowest BCUT2D eigenvalue weighted by molar-refractivity contribution is 0.186. The Bertz CT molecular complexity index is 288. The fourth-order valence-corrected chi connectivity index (χ4v) is 1.10. The Balaban J connectivity index is 2.56. The number of hydrogen-bond acceptors (Lipinski definition) is 4. The molecule has 0 spiro atoms. The first-order chi connectivity index (χ1) is 6.59. The van der Waals surface area contributed by atoms with Crippen LogP contribution in [-0.2, 0) is 0 Å². The van der Waals surface area contributed by atoms with E-state index < -0.39 is 0 Å². The quantitative estimate of drug-likeness (QED) is 0.778. The summed E-state index contributed by atoms with van der Waals surface area (Å²) in [6.07, 6.45) is 2.20. The number of aliphatic hydroxyl groups is 1. The van der Waals surface area contributed by atoms with Crippen LogP contribution in [0.2, 0.25) is 0 Å². The Morgan fingerprint density at radius 2 is 2.29 bits per heavy atom. The summed E-state index contributed by atoms with van der Waals surface area (Å²) in [6, 6.07) is 1.87. The zero-order chi connectivity index (χ0) is 10.6. The van der Waals surface area contributed by atoms with Gasteiger partial charge in [0, 0.05) is 25.5 Å². The molecule has 1 unspecified atom stereocenters. The molecule has 0 saturated heterocycles. The van der Waals surface area contributed by atoms with Crippen LogP contribution in [0.15, 0.2) is 12.3 Å². The Labute approximate surface area is 84.6 Å². The number of hydrogen-bond donors (Lipinski definition) is 1. The van der Waals surface area contributed by atoms with E-state index >= 15 is 0 Å². The molecule has 1 N–H and O–H groups in total. The molecule has 78 valence electrons. The molecule has 0 aromatic carbocycles. The van der Waals surface area contributed by atoms with E-state index in [0.717, 1.165) is 18.7 Å². The predicted molar refractivity (Wildman–Crippen MR) is 56.3 cm³/mol. The first-order valence-electron chi connectivity index (χ1n) is 4.78. The molecule has 0 saturated carbocycles. The molecule has 0 bridgehead atoms. The monoisotopic (exact) mass is 195 g/mol. The summed E-state index contributed by atoms with van der Waals surface area (Å²) in [5.41, 5.74) is 0.957. The maximum absolute atomic E-state index is 9.14. The van der Waals surface area contributed by atoms with Gasteiger partial charge in [-0.05, 0) is 26.3 Å². The Morgan fingerprint density at radius 3 is 2.86 bits per heavy atom. The van der Waals surface area contributed by atoms with Crippen molar-refractivity contribution < 1.29 is 5.11 Å². The highest BCUT2D eigenvalue weighted by Crippen LogP contribution is 2.05. The SMILES string of the molecule is Cc1ccnc(N(C)CCC(C)O)n1. The van der Waals surface area contributed by atoms with Crippen molar-refractivity contribution >= 4 is 5.95 Å². The molecular formula is C10H17N3O. The summed E-state index contributed by atoms with van der Waals surface area (Å²) in [5.74, 6) is 0.714. The van der Waals surface area contributed by atoms with Crippen LogP contribution in [0.3, 0.4) is 0 Å².